The second kappa shape index (κ2) is 13.3. The summed E-state index contributed by atoms with van der Waals surface area (Å²) in [5.41, 5.74) is 2.72. The van der Waals surface area contributed by atoms with Gasteiger partial charge in [0.1, 0.15) is 24.1 Å². The first kappa shape index (κ1) is 30.8. The van der Waals surface area contributed by atoms with Crippen molar-refractivity contribution in [1.29, 1.82) is 0 Å². The van der Waals surface area contributed by atoms with Crippen LogP contribution in [0, 0.1) is 0 Å². The monoisotopic (exact) mass is 680 g/mol. The van der Waals surface area contributed by atoms with Crippen LogP contribution in [-0.2, 0) is 16.1 Å². The first-order chi connectivity index (χ1) is 20.7. The zero-order valence-corrected chi connectivity index (χ0v) is 27.3. The highest BCUT2D eigenvalue weighted by Gasteiger charge is 2.35. The van der Waals surface area contributed by atoms with Crippen LogP contribution in [-0.4, -0.2) is 23.2 Å². The van der Waals surface area contributed by atoms with Gasteiger partial charge in [0.15, 0.2) is 4.80 Å². The lowest BCUT2D eigenvalue weighted by Crippen LogP contribution is -2.40. The van der Waals surface area contributed by atoms with Crippen molar-refractivity contribution in [2.45, 2.75) is 46.4 Å². The molecular formula is C33H30BrClN2O5S. The zero-order chi connectivity index (χ0) is 30.7. The summed E-state index contributed by atoms with van der Waals surface area (Å²) in [7, 11) is 0. The predicted molar refractivity (Wildman–Crippen MR) is 173 cm³/mol. The fourth-order valence-corrected chi connectivity index (χ4v) is 6.44. The predicted octanol–water partition coefficient (Wildman–Crippen LogP) is 6.58. The maximum Gasteiger partial charge on any atom is 0.338 e. The van der Waals surface area contributed by atoms with Crippen LogP contribution < -0.4 is 24.4 Å². The third kappa shape index (κ3) is 6.64. The van der Waals surface area contributed by atoms with Gasteiger partial charge in [0.2, 0.25) is 0 Å². The molecule has 2 heterocycles. The maximum atomic E-state index is 14.2. The first-order valence-electron chi connectivity index (χ1n) is 13.8. The molecule has 43 heavy (non-hydrogen) atoms. The Morgan fingerprint density at radius 2 is 1.86 bits per heavy atom. The van der Waals surface area contributed by atoms with Crippen molar-refractivity contribution in [2.75, 3.05) is 6.61 Å². The molecule has 1 aromatic heterocycles. The van der Waals surface area contributed by atoms with E-state index in [1.54, 1.807) is 24.5 Å². The fourth-order valence-electron chi connectivity index (χ4n) is 4.83. The Balaban J connectivity index is 1.66. The summed E-state index contributed by atoms with van der Waals surface area (Å²) in [5.74, 6) is 0.644. The highest BCUT2D eigenvalue weighted by molar-refractivity contribution is 9.10. The Kier molecular flexibility index (Phi) is 9.54. The lowest BCUT2D eigenvalue weighted by atomic mass is 9.95. The number of allylic oxidation sites excluding steroid dienone is 1. The summed E-state index contributed by atoms with van der Waals surface area (Å²) in [6, 6.07) is 19.7. The SMILES string of the molecule is CCOC(=O)C1=C(C)N=c2s/c(=C/c3cc(Br)ccc3OCc3ccccc3Cl)c(=O)n2[C@H]1c1ccccc1OC(C)C. The van der Waals surface area contributed by atoms with Gasteiger partial charge in [-0.05, 0) is 64.1 Å². The van der Waals surface area contributed by atoms with Gasteiger partial charge in [-0.3, -0.25) is 9.36 Å². The van der Waals surface area contributed by atoms with Crippen molar-refractivity contribution in [3.63, 3.8) is 0 Å². The molecule has 0 radical (unpaired) electrons. The van der Waals surface area contributed by atoms with E-state index in [2.05, 4.69) is 20.9 Å². The Labute approximate surface area is 266 Å². The number of thiazole rings is 1. The van der Waals surface area contributed by atoms with E-state index in [1.807, 2.05) is 80.6 Å². The van der Waals surface area contributed by atoms with Crippen molar-refractivity contribution < 1.29 is 19.0 Å². The number of carbonyl (C=O) groups excluding carboxylic acids is 1. The number of carbonyl (C=O) groups is 1. The molecule has 0 spiro atoms. The van der Waals surface area contributed by atoms with Crippen LogP contribution in [0.5, 0.6) is 11.5 Å². The molecule has 4 aromatic rings. The number of benzene rings is 3. The summed E-state index contributed by atoms with van der Waals surface area (Å²) in [6.07, 6.45) is 1.67. The highest BCUT2D eigenvalue weighted by Crippen LogP contribution is 2.36. The standard InChI is InChI=1S/C33H30BrClN2O5S/c1-5-40-32(39)29-20(4)36-33-37(30(29)24-11-7-9-13-27(24)42-19(2)3)31(38)28(43-33)17-22-16-23(34)14-15-26(22)41-18-21-10-6-8-12-25(21)35/h6-17,19,30H,5,18H2,1-4H3/b28-17+/t30-/m0/s1. The van der Waals surface area contributed by atoms with Crippen LogP contribution in [0.3, 0.4) is 0 Å². The average molecular weight is 682 g/mol. The number of rotatable bonds is 9. The molecule has 1 aliphatic rings. The number of fused-ring (bicyclic) bond motifs is 1. The maximum absolute atomic E-state index is 14.2. The van der Waals surface area contributed by atoms with E-state index in [0.717, 1.165) is 10.0 Å². The smallest absolute Gasteiger partial charge is 0.338 e. The average Bonchev–Trinajstić information content (AvgIpc) is 3.26. The summed E-state index contributed by atoms with van der Waals surface area (Å²) < 4.78 is 20.5. The fraction of sp³-hybridized carbons (Fsp3) is 0.242. The Morgan fingerprint density at radius 1 is 1.12 bits per heavy atom. The molecule has 0 aliphatic carbocycles. The molecule has 0 fully saturated rings. The molecular weight excluding hydrogens is 652 g/mol. The van der Waals surface area contributed by atoms with E-state index >= 15 is 0 Å². The second-order valence-corrected chi connectivity index (χ2v) is 12.4. The molecule has 222 valence electrons. The van der Waals surface area contributed by atoms with Gasteiger partial charge in [-0.25, -0.2) is 9.79 Å². The van der Waals surface area contributed by atoms with E-state index in [0.29, 0.717) is 48.3 Å². The molecule has 0 saturated carbocycles. The lowest BCUT2D eigenvalue weighted by molar-refractivity contribution is -0.139. The number of halogens is 2. The number of ether oxygens (including phenoxy) is 3. The number of hydrogen-bond donors (Lipinski definition) is 0. The molecule has 5 rings (SSSR count). The van der Waals surface area contributed by atoms with Gasteiger partial charge in [-0.2, -0.15) is 0 Å². The molecule has 0 bridgehead atoms. The summed E-state index contributed by atoms with van der Waals surface area (Å²) >= 11 is 11.1. The Bertz CT molecular complexity index is 1900. The molecule has 0 saturated heterocycles. The lowest BCUT2D eigenvalue weighted by Gasteiger charge is -2.26. The van der Waals surface area contributed by atoms with Gasteiger partial charge in [0.05, 0.1) is 28.5 Å². The van der Waals surface area contributed by atoms with Crippen molar-refractivity contribution in [3.05, 3.63) is 124 Å². The first-order valence-corrected chi connectivity index (χ1v) is 15.8. The van der Waals surface area contributed by atoms with Crippen molar-refractivity contribution in [2.24, 2.45) is 4.99 Å². The largest absolute Gasteiger partial charge is 0.491 e. The van der Waals surface area contributed by atoms with Gasteiger partial charge in [-0.1, -0.05) is 75.3 Å². The highest BCUT2D eigenvalue weighted by atomic mass is 79.9. The van der Waals surface area contributed by atoms with E-state index in [9.17, 15) is 9.59 Å². The van der Waals surface area contributed by atoms with Crippen LogP contribution in [0.15, 0.2) is 92.3 Å². The van der Waals surface area contributed by atoms with E-state index in [4.69, 9.17) is 25.8 Å². The normalized spacial score (nSPS) is 14.9. The van der Waals surface area contributed by atoms with E-state index in [1.165, 1.54) is 11.3 Å². The minimum Gasteiger partial charge on any atom is -0.491 e. The van der Waals surface area contributed by atoms with Gasteiger partial charge in [-0.15, -0.1) is 0 Å². The minimum atomic E-state index is -0.786. The summed E-state index contributed by atoms with van der Waals surface area (Å²) in [5, 5.41) is 0.615. The van der Waals surface area contributed by atoms with Crippen LogP contribution in [0.4, 0.5) is 0 Å². The molecule has 1 atom stereocenters. The number of hydrogen-bond acceptors (Lipinski definition) is 7. The second-order valence-electron chi connectivity index (χ2n) is 10.1. The Morgan fingerprint density at radius 3 is 2.60 bits per heavy atom. The van der Waals surface area contributed by atoms with Gasteiger partial charge in [0.25, 0.3) is 5.56 Å². The van der Waals surface area contributed by atoms with Crippen molar-refractivity contribution in [1.82, 2.24) is 4.57 Å². The molecule has 1 aliphatic heterocycles. The van der Waals surface area contributed by atoms with Crippen LogP contribution in [0.25, 0.3) is 6.08 Å². The summed E-state index contributed by atoms with van der Waals surface area (Å²) in [4.78, 5) is 32.7. The zero-order valence-electron chi connectivity index (χ0n) is 24.1. The quantitative estimate of drug-likeness (QED) is 0.187. The van der Waals surface area contributed by atoms with E-state index < -0.39 is 12.0 Å². The third-order valence-electron chi connectivity index (χ3n) is 6.69. The van der Waals surface area contributed by atoms with Crippen molar-refractivity contribution >= 4 is 50.9 Å². The number of esters is 1. The topological polar surface area (TPSA) is 79.1 Å². The minimum absolute atomic E-state index is 0.117. The molecule has 10 heteroatoms. The molecule has 0 unspecified atom stereocenters. The third-order valence-corrected chi connectivity index (χ3v) is 8.54. The van der Waals surface area contributed by atoms with E-state index in [-0.39, 0.29) is 24.9 Å². The van der Waals surface area contributed by atoms with Gasteiger partial charge in [0, 0.05) is 26.2 Å². The number of aromatic nitrogens is 1. The molecule has 7 nitrogen and oxygen atoms in total. The molecule has 0 N–H and O–H groups in total. The van der Waals surface area contributed by atoms with Crippen molar-refractivity contribution in [3.8, 4) is 11.5 Å². The number of para-hydroxylation sites is 1. The van der Waals surface area contributed by atoms with Crippen LogP contribution >= 0.6 is 38.9 Å². The summed E-state index contributed by atoms with van der Waals surface area (Å²) in [6.45, 7) is 7.82. The van der Waals surface area contributed by atoms with Gasteiger partial charge >= 0.3 is 5.97 Å². The van der Waals surface area contributed by atoms with Crippen LogP contribution in [0.1, 0.15) is 50.4 Å². The van der Waals surface area contributed by atoms with Crippen LogP contribution in [0.2, 0.25) is 5.02 Å². The molecule has 3 aromatic carbocycles. The number of nitrogens with zero attached hydrogens (tertiary/aromatic N) is 2. The Hall–Kier alpha value is -3.66. The van der Waals surface area contributed by atoms with Gasteiger partial charge < -0.3 is 14.2 Å². The molecule has 0 amide bonds.